The zero-order chi connectivity index (χ0) is 14.9. The Morgan fingerprint density at radius 1 is 1.00 bits per heavy atom. The number of rotatable bonds is 8. The van der Waals surface area contributed by atoms with Crippen molar-refractivity contribution in [3.8, 4) is 5.75 Å². The Labute approximate surface area is 130 Å². The summed E-state index contributed by atoms with van der Waals surface area (Å²) in [6.07, 6.45) is 0.831. The van der Waals surface area contributed by atoms with Gasteiger partial charge in [0.25, 0.3) is 0 Å². The first-order chi connectivity index (χ1) is 10.3. The van der Waals surface area contributed by atoms with E-state index in [2.05, 4.69) is 0 Å². The third-order valence-electron chi connectivity index (χ3n) is 3.05. The van der Waals surface area contributed by atoms with E-state index in [-0.39, 0.29) is 0 Å². The molecule has 0 aliphatic heterocycles. The molecule has 0 radical (unpaired) electrons. The number of halogens is 1. The van der Waals surface area contributed by atoms with Crippen LogP contribution in [-0.2, 0) is 17.9 Å². The Kier molecular flexibility index (Phi) is 6.54. The summed E-state index contributed by atoms with van der Waals surface area (Å²) in [7, 11) is 0. The van der Waals surface area contributed by atoms with Gasteiger partial charge in [-0.15, -0.1) is 0 Å². The fourth-order valence-electron chi connectivity index (χ4n) is 1.91. The molecule has 0 fully saturated rings. The van der Waals surface area contributed by atoms with Crippen LogP contribution in [-0.4, -0.2) is 13.2 Å². The van der Waals surface area contributed by atoms with Gasteiger partial charge in [0.1, 0.15) is 5.75 Å². The molecule has 0 saturated carbocycles. The van der Waals surface area contributed by atoms with Gasteiger partial charge in [-0.3, -0.25) is 0 Å². The van der Waals surface area contributed by atoms with Gasteiger partial charge in [-0.05, 0) is 29.3 Å². The van der Waals surface area contributed by atoms with Crippen LogP contribution >= 0.6 is 11.6 Å². The monoisotopic (exact) mass is 305 g/mol. The fraction of sp³-hybridized carbons (Fsp3) is 0.294. The van der Waals surface area contributed by atoms with Gasteiger partial charge in [-0.2, -0.15) is 0 Å². The maximum atomic E-state index is 6.06. The lowest BCUT2D eigenvalue weighted by molar-refractivity contribution is 0.107. The second-order valence-corrected chi connectivity index (χ2v) is 5.10. The van der Waals surface area contributed by atoms with E-state index in [0.29, 0.717) is 26.4 Å². The molecular weight excluding hydrogens is 286 g/mol. The molecule has 0 atom stereocenters. The van der Waals surface area contributed by atoms with Crippen molar-refractivity contribution in [2.24, 2.45) is 5.73 Å². The number of hydrogen-bond acceptors (Lipinski definition) is 3. The van der Waals surface area contributed by atoms with E-state index in [9.17, 15) is 0 Å². The molecule has 0 aliphatic rings. The first-order valence-electron chi connectivity index (χ1n) is 7.02. The average Bonchev–Trinajstić information content (AvgIpc) is 2.52. The zero-order valence-electron chi connectivity index (χ0n) is 11.9. The fourth-order valence-corrected chi connectivity index (χ4v) is 2.10. The number of hydrogen-bond donors (Lipinski definition) is 1. The van der Waals surface area contributed by atoms with Crippen molar-refractivity contribution in [3.63, 3.8) is 0 Å². The predicted molar refractivity (Wildman–Crippen MR) is 85.6 cm³/mol. The summed E-state index contributed by atoms with van der Waals surface area (Å²) in [6.45, 7) is 2.32. The molecular formula is C17H20ClNO2. The lowest BCUT2D eigenvalue weighted by Crippen LogP contribution is -2.04. The predicted octanol–water partition coefficient (Wildman–Crippen LogP) is 3.78. The lowest BCUT2D eigenvalue weighted by Gasteiger charge is -2.08. The van der Waals surface area contributed by atoms with Crippen molar-refractivity contribution in [2.75, 3.05) is 13.2 Å². The standard InChI is InChI=1S/C17H20ClNO2/c18-17-8-2-1-6-15(17)13-20-9-4-10-21-16-7-3-5-14(11-16)12-19/h1-3,5-8,11H,4,9-10,12-13,19H2. The Bertz CT molecular complexity index is 560. The third-order valence-corrected chi connectivity index (χ3v) is 3.42. The van der Waals surface area contributed by atoms with Gasteiger partial charge in [-0.25, -0.2) is 0 Å². The second-order valence-electron chi connectivity index (χ2n) is 4.70. The van der Waals surface area contributed by atoms with Crippen LogP contribution in [0.1, 0.15) is 17.5 Å². The first kappa shape index (κ1) is 15.8. The van der Waals surface area contributed by atoms with E-state index in [1.54, 1.807) is 0 Å². The van der Waals surface area contributed by atoms with Crippen molar-refractivity contribution in [1.82, 2.24) is 0 Å². The van der Waals surface area contributed by atoms with E-state index in [1.807, 2.05) is 48.5 Å². The van der Waals surface area contributed by atoms with E-state index < -0.39 is 0 Å². The van der Waals surface area contributed by atoms with E-state index in [4.69, 9.17) is 26.8 Å². The largest absolute Gasteiger partial charge is 0.493 e. The maximum absolute atomic E-state index is 6.06. The van der Waals surface area contributed by atoms with Gasteiger partial charge in [0.2, 0.25) is 0 Å². The highest BCUT2D eigenvalue weighted by Gasteiger charge is 1.99. The topological polar surface area (TPSA) is 44.5 Å². The molecule has 0 heterocycles. The molecule has 21 heavy (non-hydrogen) atoms. The SMILES string of the molecule is NCc1cccc(OCCCOCc2ccccc2Cl)c1. The molecule has 0 saturated heterocycles. The Hall–Kier alpha value is -1.55. The van der Waals surface area contributed by atoms with Gasteiger partial charge >= 0.3 is 0 Å². The van der Waals surface area contributed by atoms with Crippen LogP contribution < -0.4 is 10.5 Å². The minimum atomic E-state index is 0.526. The van der Waals surface area contributed by atoms with Crippen molar-refractivity contribution < 1.29 is 9.47 Å². The van der Waals surface area contributed by atoms with Crippen LogP contribution in [0.5, 0.6) is 5.75 Å². The van der Waals surface area contributed by atoms with Gasteiger partial charge in [-0.1, -0.05) is 41.9 Å². The molecule has 0 bridgehead atoms. The van der Waals surface area contributed by atoms with E-state index in [1.165, 1.54) is 0 Å². The highest BCUT2D eigenvalue weighted by molar-refractivity contribution is 6.31. The third kappa shape index (κ3) is 5.38. The number of nitrogens with two attached hydrogens (primary N) is 1. The van der Waals surface area contributed by atoms with Gasteiger partial charge < -0.3 is 15.2 Å². The minimum Gasteiger partial charge on any atom is -0.493 e. The highest BCUT2D eigenvalue weighted by Crippen LogP contribution is 2.16. The van der Waals surface area contributed by atoms with Crippen LogP contribution in [0.2, 0.25) is 5.02 Å². The summed E-state index contributed by atoms with van der Waals surface area (Å²) >= 11 is 6.06. The summed E-state index contributed by atoms with van der Waals surface area (Å²) in [6, 6.07) is 15.5. The molecule has 0 unspecified atom stereocenters. The lowest BCUT2D eigenvalue weighted by atomic mass is 10.2. The van der Waals surface area contributed by atoms with Crippen LogP contribution in [0.25, 0.3) is 0 Å². The van der Waals surface area contributed by atoms with E-state index >= 15 is 0 Å². The summed E-state index contributed by atoms with van der Waals surface area (Å²) in [4.78, 5) is 0. The van der Waals surface area contributed by atoms with Crippen LogP contribution in [0.15, 0.2) is 48.5 Å². The van der Waals surface area contributed by atoms with Crippen LogP contribution in [0, 0.1) is 0 Å². The molecule has 2 N–H and O–H groups in total. The summed E-state index contributed by atoms with van der Waals surface area (Å²) in [5.74, 6) is 0.851. The molecule has 2 aromatic carbocycles. The Balaban J connectivity index is 1.63. The molecule has 4 heteroatoms. The zero-order valence-corrected chi connectivity index (χ0v) is 12.7. The molecule has 0 aromatic heterocycles. The second kappa shape index (κ2) is 8.67. The summed E-state index contributed by atoms with van der Waals surface area (Å²) in [5.41, 5.74) is 7.68. The Morgan fingerprint density at radius 2 is 1.86 bits per heavy atom. The van der Waals surface area contributed by atoms with Gasteiger partial charge in [0, 0.05) is 18.0 Å². The van der Waals surface area contributed by atoms with Crippen molar-refractivity contribution in [1.29, 1.82) is 0 Å². The average molecular weight is 306 g/mol. The van der Waals surface area contributed by atoms with Gasteiger partial charge in [0.05, 0.1) is 19.8 Å². The molecule has 0 aliphatic carbocycles. The Morgan fingerprint density at radius 3 is 2.67 bits per heavy atom. The van der Waals surface area contributed by atoms with Crippen LogP contribution in [0.4, 0.5) is 0 Å². The first-order valence-corrected chi connectivity index (χ1v) is 7.40. The van der Waals surface area contributed by atoms with Crippen LogP contribution in [0.3, 0.4) is 0 Å². The molecule has 2 aromatic rings. The van der Waals surface area contributed by atoms with Gasteiger partial charge in [0.15, 0.2) is 0 Å². The molecule has 3 nitrogen and oxygen atoms in total. The van der Waals surface area contributed by atoms with Crippen molar-refractivity contribution >= 4 is 11.6 Å². The summed E-state index contributed by atoms with van der Waals surface area (Å²) < 4.78 is 11.3. The molecule has 0 amide bonds. The quantitative estimate of drug-likeness (QED) is 0.755. The number of ether oxygens (including phenoxy) is 2. The highest BCUT2D eigenvalue weighted by atomic mass is 35.5. The summed E-state index contributed by atoms with van der Waals surface area (Å²) in [5, 5.41) is 0.743. The van der Waals surface area contributed by atoms with Crippen molar-refractivity contribution in [3.05, 3.63) is 64.7 Å². The number of benzene rings is 2. The minimum absolute atomic E-state index is 0.526. The maximum Gasteiger partial charge on any atom is 0.119 e. The molecule has 0 spiro atoms. The molecule has 112 valence electrons. The van der Waals surface area contributed by atoms with E-state index in [0.717, 1.165) is 28.3 Å². The normalized spacial score (nSPS) is 10.6. The van der Waals surface area contributed by atoms with Crippen molar-refractivity contribution in [2.45, 2.75) is 19.6 Å². The molecule has 2 rings (SSSR count). The smallest absolute Gasteiger partial charge is 0.119 e.